The second-order valence-electron chi connectivity index (χ2n) is 2.14. The second-order valence-corrected chi connectivity index (χ2v) is 2.14. The first-order valence-corrected chi connectivity index (χ1v) is 3.05. The maximum atomic E-state index is 5.63. The third-order valence-corrected chi connectivity index (χ3v) is 1.48. The van der Waals surface area contributed by atoms with Crippen molar-refractivity contribution in [1.29, 1.82) is 0 Å². The van der Waals surface area contributed by atoms with Crippen LogP contribution in [0.15, 0.2) is 24.5 Å². The van der Waals surface area contributed by atoms with Gasteiger partial charge in [0.15, 0.2) is 0 Å². The minimum atomic E-state index is 0.745. The zero-order valence-corrected chi connectivity index (χ0v) is 5.33. The highest BCUT2D eigenvalue weighted by atomic mass is 14.8. The van der Waals surface area contributed by atoms with E-state index < -0.39 is 0 Å². The Labute approximate surface area is 57.9 Å². The minimum Gasteiger partial charge on any atom is -0.397 e. The summed E-state index contributed by atoms with van der Waals surface area (Å²) in [6.07, 6.45) is 3.53. The van der Waals surface area contributed by atoms with E-state index in [9.17, 15) is 0 Å². The lowest BCUT2D eigenvalue weighted by molar-refractivity contribution is 1.41. The summed E-state index contributed by atoms with van der Waals surface area (Å²) in [5.74, 6) is 0. The van der Waals surface area contributed by atoms with Gasteiger partial charge in [-0.05, 0) is 12.1 Å². The monoisotopic (exact) mass is 133 g/mol. The molecule has 0 amide bonds. The summed E-state index contributed by atoms with van der Waals surface area (Å²) in [5.41, 5.74) is 8.21. The molecule has 10 heavy (non-hydrogen) atoms. The summed E-state index contributed by atoms with van der Waals surface area (Å²) in [4.78, 5) is 7.09. The standard InChI is InChI=1S/C7H7N3/c8-5-1-3-9-6-2-4-10-7(5)6/h1-4,10H,(H2,8,9). The Morgan fingerprint density at radius 1 is 1.40 bits per heavy atom. The number of anilines is 1. The molecule has 0 aromatic carbocycles. The quantitative estimate of drug-likeness (QED) is 0.566. The fraction of sp³-hybridized carbons (Fsp3) is 0. The predicted octanol–water partition coefficient (Wildman–Crippen LogP) is 1.15. The molecule has 0 aliphatic rings. The first-order valence-electron chi connectivity index (χ1n) is 3.05. The molecule has 0 aliphatic heterocycles. The molecule has 0 atom stereocenters. The Hall–Kier alpha value is -1.51. The molecular weight excluding hydrogens is 126 g/mol. The topological polar surface area (TPSA) is 54.7 Å². The van der Waals surface area contributed by atoms with E-state index >= 15 is 0 Å². The van der Waals surface area contributed by atoms with Gasteiger partial charge < -0.3 is 10.7 Å². The smallest absolute Gasteiger partial charge is 0.0900 e. The molecule has 0 spiro atoms. The Morgan fingerprint density at radius 3 is 3.10 bits per heavy atom. The maximum absolute atomic E-state index is 5.63. The fourth-order valence-electron chi connectivity index (χ4n) is 0.981. The van der Waals surface area contributed by atoms with Gasteiger partial charge in [0.1, 0.15) is 0 Å². The molecule has 3 heteroatoms. The van der Waals surface area contributed by atoms with Gasteiger partial charge in [0, 0.05) is 12.4 Å². The SMILES string of the molecule is Nc1ccnc2cc[nH]c12. The summed E-state index contributed by atoms with van der Waals surface area (Å²) in [6, 6.07) is 3.67. The van der Waals surface area contributed by atoms with Gasteiger partial charge >= 0.3 is 0 Å². The van der Waals surface area contributed by atoms with Crippen molar-refractivity contribution in [1.82, 2.24) is 9.97 Å². The Balaban J connectivity index is 2.95. The van der Waals surface area contributed by atoms with Gasteiger partial charge in [-0.25, -0.2) is 0 Å². The van der Waals surface area contributed by atoms with E-state index in [1.165, 1.54) is 0 Å². The van der Waals surface area contributed by atoms with Crippen LogP contribution in [0.3, 0.4) is 0 Å². The number of nitrogens with zero attached hydrogens (tertiary/aromatic N) is 1. The highest BCUT2D eigenvalue weighted by Crippen LogP contribution is 2.14. The van der Waals surface area contributed by atoms with Crippen LogP contribution in [0.4, 0.5) is 5.69 Å². The van der Waals surface area contributed by atoms with E-state index in [0.717, 1.165) is 16.7 Å². The number of rotatable bonds is 0. The van der Waals surface area contributed by atoms with Crippen molar-refractivity contribution in [2.75, 3.05) is 5.73 Å². The zero-order chi connectivity index (χ0) is 6.97. The summed E-state index contributed by atoms with van der Waals surface area (Å²) in [6.45, 7) is 0. The van der Waals surface area contributed by atoms with E-state index in [1.54, 1.807) is 12.3 Å². The van der Waals surface area contributed by atoms with Gasteiger partial charge in [-0.1, -0.05) is 0 Å². The molecule has 0 saturated carbocycles. The van der Waals surface area contributed by atoms with Gasteiger partial charge in [0.2, 0.25) is 0 Å². The van der Waals surface area contributed by atoms with Crippen molar-refractivity contribution >= 4 is 16.7 Å². The molecule has 2 rings (SSSR count). The number of nitrogens with two attached hydrogens (primary N) is 1. The van der Waals surface area contributed by atoms with E-state index in [2.05, 4.69) is 9.97 Å². The van der Waals surface area contributed by atoms with Crippen LogP contribution in [0.1, 0.15) is 0 Å². The highest BCUT2D eigenvalue weighted by Gasteiger charge is 1.95. The molecule has 2 aromatic heterocycles. The molecule has 0 saturated heterocycles. The molecule has 2 heterocycles. The van der Waals surface area contributed by atoms with Crippen LogP contribution in [0, 0.1) is 0 Å². The van der Waals surface area contributed by atoms with E-state index in [-0.39, 0.29) is 0 Å². The molecule has 0 bridgehead atoms. The lowest BCUT2D eigenvalue weighted by Crippen LogP contribution is -1.86. The number of aromatic amines is 1. The van der Waals surface area contributed by atoms with Crippen LogP contribution in [0.5, 0.6) is 0 Å². The number of H-pyrrole nitrogens is 1. The number of nitrogens with one attached hydrogen (secondary N) is 1. The third kappa shape index (κ3) is 0.572. The Morgan fingerprint density at radius 2 is 2.30 bits per heavy atom. The molecular formula is C7H7N3. The molecule has 0 radical (unpaired) electrons. The van der Waals surface area contributed by atoms with Crippen LogP contribution in [0.25, 0.3) is 11.0 Å². The first kappa shape index (κ1) is 5.29. The first-order chi connectivity index (χ1) is 4.88. The van der Waals surface area contributed by atoms with Crippen LogP contribution in [-0.2, 0) is 0 Å². The van der Waals surface area contributed by atoms with Crippen molar-refractivity contribution in [2.45, 2.75) is 0 Å². The molecule has 0 fully saturated rings. The van der Waals surface area contributed by atoms with Crippen LogP contribution in [-0.4, -0.2) is 9.97 Å². The second kappa shape index (κ2) is 1.73. The summed E-state index contributed by atoms with van der Waals surface area (Å²) in [7, 11) is 0. The molecule has 0 unspecified atom stereocenters. The largest absolute Gasteiger partial charge is 0.397 e. The van der Waals surface area contributed by atoms with E-state index in [1.807, 2.05) is 12.3 Å². The average molecular weight is 133 g/mol. The average Bonchev–Trinajstić information content (AvgIpc) is 2.36. The fourth-order valence-corrected chi connectivity index (χ4v) is 0.981. The summed E-state index contributed by atoms with van der Waals surface area (Å²) in [5, 5.41) is 0. The maximum Gasteiger partial charge on any atom is 0.0900 e. The van der Waals surface area contributed by atoms with Crippen molar-refractivity contribution in [3.63, 3.8) is 0 Å². The number of hydrogen-bond donors (Lipinski definition) is 2. The molecule has 50 valence electrons. The summed E-state index contributed by atoms with van der Waals surface area (Å²) < 4.78 is 0. The number of fused-ring (bicyclic) bond motifs is 1. The van der Waals surface area contributed by atoms with Crippen molar-refractivity contribution < 1.29 is 0 Å². The van der Waals surface area contributed by atoms with Gasteiger partial charge in [0.25, 0.3) is 0 Å². The van der Waals surface area contributed by atoms with Gasteiger partial charge in [-0.3, -0.25) is 4.98 Å². The van der Waals surface area contributed by atoms with Crippen LogP contribution >= 0.6 is 0 Å². The molecule has 3 N–H and O–H groups in total. The molecule has 2 aromatic rings. The number of pyridine rings is 1. The van der Waals surface area contributed by atoms with Crippen LogP contribution in [0.2, 0.25) is 0 Å². The lowest BCUT2D eigenvalue weighted by atomic mass is 10.3. The highest BCUT2D eigenvalue weighted by molar-refractivity contribution is 5.86. The Kier molecular flexibility index (Phi) is 0.917. The normalized spacial score (nSPS) is 10.4. The molecule has 3 nitrogen and oxygen atoms in total. The summed E-state index contributed by atoms with van der Waals surface area (Å²) >= 11 is 0. The van der Waals surface area contributed by atoms with Crippen molar-refractivity contribution in [2.24, 2.45) is 0 Å². The van der Waals surface area contributed by atoms with Gasteiger partial charge in [-0.15, -0.1) is 0 Å². The number of aromatic nitrogens is 2. The number of nitrogen functional groups attached to an aromatic ring is 1. The van der Waals surface area contributed by atoms with E-state index in [0.29, 0.717) is 0 Å². The zero-order valence-electron chi connectivity index (χ0n) is 5.33. The predicted molar refractivity (Wildman–Crippen MR) is 40.5 cm³/mol. The van der Waals surface area contributed by atoms with Gasteiger partial charge in [-0.2, -0.15) is 0 Å². The lowest BCUT2D eigenvalue weighted by Gasteiger charge is -1.91. The van der Waals surface area contributed by atoms with Crippen molar-refractivity contribution in [3.8, 4) is 0 Å². The third-order valence-electron chi connectivity index (χ3n) is 1.48. The number of hydrogen-bond acceptors (Lipinski definition) is 2. The Bertz CT molecular complexity index is 350. The van der Waals surface area contributed by atoms with Crippen molar-refractivity contribution in [3.05, 3.63) is 24.5 Å². The van der Waals surface area contributed by atoms with Gasteiger partial charge in [0.05, 0.1) is 16.7 Å². The van der Waals surface area contributed by atoms with Crippen LogP contribution < -0.4 is 5.73 Å². The molecule has 0 aliphatic carbocycles. The van der Waals surface area contributed by atoms with E-state index in [4.69, 9.17) is 5.73 Å². The minimum absolute atomic E-state index is 0.745.